The van der Waals surface area contributed by atoms with Crippen molar-refractivity contribution >= 4 is 61.0 Å². The largest absolute Gasteiger partial charge is 0.480 e. The Morgan fingerprint density at radius 2 is 1.40 bits per heavy atom. The molecule has 0 aliphatic rings. The number of primary amides is 1. The number of carboxylic acid groups (broad SMARTS) is 3. The van der Waals surface area contributed by atoms with Gasteiger partial charge >= 0.3 is 23.9 Å². The number of carbonyl (C=O) groups excluding carboxylic acids is 3. The Hall–Kier alpha value is -2.72. The second kappa shape index (κ2) is 16.1. The number of hydrogen-bond acceptors (Lipinski definition) is 9. The van der Waals surface area contributed by atoms with Crippen LogP contribution < -0.4 is 27.4 Å². The van der Waals surface area contributed by atoms with Crippen LogP contribution in [0, 0.1) is 0 Å². The zero-order valence-corrected chi connectivity index (χ0v) is 17.4. The summed E-state index contributed by atoms with van der Waals surface area (Å²) in [5.41, 5.74) is 9.89. The molecule has 0 unspecified atom stereocenters. The molecule has 0 spiro atoms. The van der Waals surface area contributed by atoms with Crippen molar-refractivity contribution in [2.24, 2.45) is 11.5 Å². The molecule has 0 radical (unpaired) electrons. The van der Waals surface area contributed by atoms with Crippen molar-refractivity contribution in [3.05, 3.63) is 0 Å². The molecule has 4 amide bonds. The maximum Gasteiger partial charge on any atom is 0.327 e. The topological polar surface area (TPSA) is 251 Å². The Morgan fingerprint density at radius 1 is 0.867 bits per heavy atom. The second-order valence-electron chi connectivity index (χ2n) is 5.48. The Kier molecular flexibility index (Phi) is 15.8. The molecule has 0 heterocycles. The Morgan fingerprint density at radius 3 is 1.73 bits per heavy atom. The molecule has 0 aromatic rings. The second-order valence-corrected chi connectivity index (χ2v) is 6.21. The first kappa shape index (κ1) is 29.5. The van der Waals surface area contributed by atoms with Gasteiger partial charge in [-0.3, -0.25) is 19.2 Å². The molecule has 0 aromatic heterocycles. The minimum Gasteiger partial charge on any atom is -0.480 e. The van der Waals surface area contributed by atoms with Crippen molar-refractivity contribution in [1.82, 2.24) is 16.0 Å². The summed E-state index contributed by atoms with van der Waals surface area (Å²) < 4.78 is 0. The molecule has 172 valence electrons. The van der Waals surface area contributed by atoms with Crippen LogP contribution in [0.1, 0.15) is 12.8 Å². The van der Waals surface area contributed by atoms with E-state index >= 15 is 0 Å². The van der Waals surface area contributed by atoms with Gasteiger partial charge in [0.2, 0.25) is 11.8 Å². The number of nitrogens with two attached hydrogens (primary N) is 2. The number of rotatable bonds is 12. The van der Waals surface area contributed by atoms with Gasteiger partial charge in [0.15, 0.2) is 0 Å². The zero-order chi connectivity index (χ0) is 23.9. The van der Waals surface area contributed by atoms with Gasteiger partial charge < -0.3 is 42.7 Å². The Bertz CT molecular complexity index is 635. The molecule has 0 saturated heterocycles. The number of nitrogens with one attached hydrogen (secondary N) is 3. The number of urea groups is 1. The fourth-order valence-corrected chi connectivity index (χ4v) is 2.02. The predicted octanol–water partition coefficient (Wildman–Crippen LogP) is -3.17. The molecule has 0 rings (SSSR count). The summed E-state index contributed by atoms with van der Waals surface area (Å²) in [6.45, 7) is -0.567. The van der Waals surface area contributed by atoms with Gasteiger partial charge in [0.25, 0.3) is 0 Å². The number of thiol groups is 2. The molecule has 0 aliphatic heterocycles. The number of carboxylic acids is 3. The maximum atomic E-state index is 11.5. The first-order valence-corrected chi connectivity index (χ1v) is 9.39. The van der Waals surface area contributed by atoms with E-state index in [-0.39, 0.29) is 24.3 Å². The van der Waals surface area contributed by atoms with Crippen molar-refractivity contribution in [2.45, 2.75) is 31.0 Å². The minimum atomic E-state index is -1.22. The third-order valence-corrected chi connectivity index (χ3v) is 3.78. The highest BCUT2D eigenvalue weighted by atomic mass is 32.1. The molecule has 0 aromatic carbocycles. The molecule has 0 saturated carbocycles. The van der Waals surface area contributed by atoms with Crippen LogP contribution in [0.4, 0.5) is 4.79 Å². The van der Waals surface area contributed by atoms with Gasteiger partial charge in [0, 0.05) is 17.9 Å². The third kappa shape index (κ3) is 15.2. The van der Waals surface area contributed by atoms with Crippen molar-refractivity contribution in [2.75, 3.05) is 18.1 Å². The summed E-state index contributed by atoms with van der Waals surface area (Å²) in [7, 11) is 0. The fraction of sp³-hybridized carbons (Fsp3) is 0.571. The predicted molar refractivity (Wildman–Crippen MR) is 109 cm³/mol. The number of aliphatic carboxylic acids is 3. The summed E-state index contributed by atoms with van der Waals surface area (Å²) in [5, 5.41) is 31.7. The fourth-order valence-electron chi connectivity index (χ4n) is 1.51. The quantitative estimate of drug-likeness (QED) is 0.128. The Labute approximate surface area is 181 Å². The van der Waals surface area contributed by atoms with Crippen LogP contribution in [0.2, 0.25) is 0 Å². The monoisotopic (exact) mass is 471 g/mol. The number of amides is 4. The van der Waals surface area contributed by atoms with E-state index in [0.29, 0.717) is 0 Å². The molecular weight excluding hydrogens is 446 g/mol. The molecule has 14 nitrogen and oxygen atoms in total. The molecule has 10 N–H and O–H groups in total. The standard InChI is InChI=1S/C10H17N3O6S.C4H8N2O3S/c11-5(10(18)19)1-2-7(14)13-6(4-20)9(17)12-3-8(15)16;5-4(9)6-2(1-10)3(7)8/h5-6,20H,1-4,11H2,(H,12,17)(H,13,14)(H,15,16)(H,18,19);2,10H,1H2,(H,7,8)(H3,5,6,9)/t5-,6-;2-/m00/s1. The van der Waals surface area contributed by atoms with E-state index in [0.717, 1.165) is 0 Å². The lowest BCUT2D eigenvalue weighted by Gasteiger charge is -2.16. The van der Waals surface area contributed by atoms with Gasteiger partial charge in [-0.15, -0.1) is 0 Å². The molecule has 16 heteroatoms. The average Bonchev–Trinajstić information content (AvgIpc) is 2.66. The summed E-state index contributed by atoms with van der Waals surface area (Å²) >= 11 is 7.55. The summed E-state index contributed by atoms with van der Waals surface area (Å²) in [6.07, 6.45) is -0.235. The SMILES string of the molecule is NC(=O)N[C@@H](CS)C(=O)O.N[C@@H](CCC(=O)N[C@@H](CS)C(=O)NCC(=O)O)C(=O)O. The summed E-state index contributed by atoms with van der Waals surface area (Å²) in [6, 6.07) is -4.01. The van der Waals surface area contributed by atoms with E-state index in [1.807, 2.05) is 5.32 Å². The van der Waals surface area contributed by atoms with Gasteiger partial charge in [-0.05, 0) is 6.42 Å². The first-order chi connectivity index (χ1) is 13.8. The smallest absolute Gasteiger partial charge is 0.327 e. The van der Waals surface area contributed by atoms with Gasteiger partial charge in [-0.2, -0.15) is 25.3 Å². The minimum absolute atomic E-state index is 0.0256. The number of carbonyl (C=O) groups is 6. The normalized spacial score (nSPS) is 12.8. The third-order valence-electron chi connectivity index (χ3n) is 3.04. The average molecular weight is 472 g/mol. The van der Waals surface area contributed by atoms with Crippen LogP contribution in [0.25, 0.3) is 0 Å². The molecule has 30 heavy (non-hydrogen) atoms. The van der Waals surface area contributed by atoms with E-state index in [4.69, 9.17) is 21.1 Å². The molecule has 0 bridgehead atoms. The lowest BCUT2D eigenvalue weighted by Crippen LogP contribution is -2.49. The van der Waals surface area contributed by atoms with Crippen LogP contribution in [0.5, 0.6) is 0 Å². The zero-order valence-electron chi connectivity index (χ0n) is 15.6. The molecule has 0 fully saturated rings. The first-order valence-electron chi connectivity index (χ1n) is 8.13. The van der Waals surface area contributed by atoms with Crippen molar-refractivity contribution in [3.63, 3.8) is 0 Å². The Balaban J connectivity index is 0. The summed E-state index contributed by atoms with van der Waals surface area (Å²) in [4.78, 5) is 64.0. The van der Waals surface area contributed by atoms with Crippen molar-refractivity contribution < 1.29 is 44.1 Å². The van der Waals surface area contributed by atoms with E-state index < -0.39 is 60.4 Å². The molecule has 3 atom stereocenters. The van der Waals surface area contributed by atoms with E-state index in [2.05, 4.69) is 41.6 Å². The van der Waals surface area contributed by atoms with Gasteiger partial charge in [0.05, 0.1) is 0 Å². The highest BCUT2D eigenvalue weighted by Crippen LogP contribution is 1.97. The highest BCUT2D eigenvalue weighted by Gasteiger charge is 2.21. The van der Waals surface area contributed by atoms with Crippen LogP contribution in [-0.4, -0.2) is 87.2 Å². The molecular formula is C14H25N5O9S2. The van der Waals surface area contributed by atoms with Gasteiger partial charge in [-0.25, -0.2) is 9.59 Å². The van der Waals surface area contributed by atoms with Crippen LogP contribution >= 0.6 is 25.3 Å². The van der Waals surface area contributed by atoms with E-state index in [1.165, 1.54) is 0 Å². The van der Waals surface area contributed by atoms with Crippen LogP contribution in [0.15, 0.2) is 0 Å². The number of hydrogen-bond donors (Lipinski definition) is 10. The summed E-state index contributed by atoms with van der Waals surface area (Å²) in [5.74, 6) is -4.82. The van der Waals surface area contributed by atoms with E-state index in [1.54, 1.807) is 0 Å². The highest BCUT2D eigenvalue weighted by molar-refractivity contribution is 7.80. The van der Waals surface area contributed by atoms with Gasteiger partial charge in [-0.1, -0.05) is 0 Å². The maximum absolute atomic E-state index is 11.5. The van der Waals surface area contributed by atoms with Crippen LogP contribution in [-0.2, 0) is 24.0 Å². The lowest BCUT2D eigenvalue weighted by molar-refractivity contribution is -0.139. The van der Waals surface area contributed by atoms with Crippen LogP contribution in [0.3, 0.4) is 0 Å². The van der Waals surface area contributed by atoms with Crippen molar-refractivity contribution in [1.29, 1.82) is 0 Å². The van der Waals surface area contributed by atoms with Gasteiger partial charge in [0.1, 0.15) is 24.7 Å². The molecule has 0 aliphatic carbocycles. The van der Waals surface area contributed by atoms with E-state index in [9.17, 15) is 28.8 Å². The van der Waals surface area contributed by atoms with Crippen molar-refractivity contribution in [3.8, 4) is 0 Å². The lowest BCUT2D eigenvalue weighted by atomic mass is 10.1.